The summed E-state index contributed by atoms with van der Waals surface area (Å²) in [5, 5.41) is 12.5. The molecule has 5 heteroatoms. The van der Waals surface area contributed by atoms with Gasteiger partial charge in [0.05, 0.1) is 6.61 Å². The van der Waals surface area contributed by atoms with E-state index in [9.17, 15) is 13.9 Å². The van der Waals surface area contributed by atoms with E-state index < -0.39 is 11.6 Å². The van der Waals surface area contributed by atoms with Crippen molar-refractivity contribution in [3.63, 3.8) is 0 Å². The Labute approximate surface area is 112 Å². The van der Waals surface area contributed by atoms with Crippen LogP contribution in [0.3, 0.4) is 0 Å². The largest absolute Gasteiger partial charge is 0.492 e. The molecule has 1 rings (SSSR count). The second kappa shape index (κ2) is 6.82. The maximum Gasteiger partial charge on any atom is 0.162 e. The molecular formula is C14H21F2NO2. The van der Waals surface area contributed by atoms with E-state index in [2.05, 4.69) is 5.32 Å². The number of rotatable bonds is 7. The number of aliphatic hydroxyl groups excluding tert-OH is 1. The van der Waals surface area contributed by atoms with Crippen LogP contribution in [-0.4, -0.2) is 29.9 Å². The molecule has 3 nitrogen and oxygen atoms in total. The van der Waals surface area contributed by atoms with E-state index in [0.29, 0.717) is 6.61 Å². The Kier molecular flexibility index (Phi) is 5.69. The maximum atomic E-state index is 13.0. The average Bonchev–Trinajstić information content (AvgIpc) is 2.40. The van der Waals surface area contributed by atoms with Crippen molar-refractivity contribution in [2.75, 3.05) is 13.2 Å². The van der Waals surface area contributed by atoms with Crippen LogP contribution in [0.5, 0.6) is 5.75 Å². The zero-order valence-corrected chi connectivity index (χ0v) is 11.5. The van der Waals surface area contributed by atoms with Gasteiger partial charge < -0.3 is 15.2 Å². The molecule has 0 radical (unpaired) electrons. The Morgan fingerprint density at radius 1 is 1.37 bits per heavy atom. The fourth-order valence-electron chi connectivity index (χ4n) is 1.68. The minimum Gasteiger partial charge on any atom is -0.492 e. The third-order valence-corrected chi connectivity index (χ3v) is 3.12. The highest BCUT2D eigenvalue weighted by Crippen LogP contribution is 2.16. The van der Waals surface area contributed by atoms with Crippen LogP contribution in [0.4, 0.5) is 8.78 Å². The van der Waals surface area contributed by atoms with Crippen LogP contribution in [0, 0.1) is 11.6 Å². The minimum atomic E-state index is -0.924. The molecule has 2 unspecified atom stereocenters. The van der Waals surface area contributed by atoms with Crippen LogP contribution in [0.25, 0.3) is 0 Å². The highest BCUT2D eigenvalue weighted by atomic mass is 19.2. The van der Waals surface area contributed by atoms with Crippen LogP contribution >= 0.6 is 0 Å². The van der Waals surface area contributed by atoms with E-state index in [4.69, 9.17) is 4.74 Å². The number of halogens is 2. The molecule has 1 aromatic carbocycles. The van der Waals surface area contributed by atoms with Crippen molar-refractivity contribution < 1.29 is 18.6 Å². The molecule has 19 heavy (non-hydrogen) atoms. The van der Waals surface area contributed by atoms with E-state index in [1.54, 1.807) is 0 Å². The SMILES string of the molecule is CCC(C)(CO)NC(C)COc1ccc(F)c(F)c1. The molecule has 0 aliphatic rings. The molecule has 108 valence electrons. The molecule has 0 spiro atoms. The van der Waals surface area contributed by atoms with Crippen molar-refractivity contribution in [2.45, 2.75) is 38.8 Å². The first-order chi connectivity index (χ1) is 8.90. The van der Waals surface area contributed by atoms with Crippen LogP contribution < -0.4 is 10.1 Å². The number of hydrogen-bond acceptors (Lipinski definition) is 3. The third-order valence-electron chi connectivity index (χ3n) is 3.12. The lowest BCUT2D eigenvalue weighted by molar-refractivity contribution is 0.144. The zero-order valence-electron chi connectivity index (χ0n) is 11.5. The van der Waals surface area contributed by atoms with Crippen LogP contribution in [-0.2, 0) is 0 Å². The van der Waals surface area contributed by atoms with Crippen molar-refractivity contribution in [1.29, 1.82) is 0 Å². The Bertz CT molecular complexity index is 408. The summed E-state index contributed by atoms with van der Waals surface area (Å²) >= 11 is 0. The summed E-state index contributed by atoms with van der Waals surface area (Å²) in [4.78, 5) is 0. The second-order valence-electron chi connectivity index (χ2n) is 5.00. The van der Waals surface area contributed by atoms with E-state index in [0.717, 1.165) is 18.6 Å². The van der Waals surface area contributed by atoms with E-state index in [1.807, 2.05) is 20.8 Å². The van der Waals surface area contributed by atoms with Gasteiger partial charge in [-0.2, -0.15) is 0 Å². The van der Waals surface area contributed by atoms with E-state index in [-0.39, 0.29) is 23.9 Å². The first-order valence-electron chi connectivity index (χ1n) is 6.36. The van der Waals surface area contributed by atoms with Gasteiger partial charge in [-0.15, -0.1) is 0 Å². The predicted molar refractivity (Wildman–Crippen MR) is 70.2 cm³/mol. The summed E-state index contributed by atoms with van der Waals surface area (Å²) in [6, 6.07) is 3.42. The monoisotopic (exact) mass is 273 g/mol. The average molecular weight is 273 g/mol. The number of hydrogen-bond donors (Lipinski definition) is 2. The van der Waals surface area contributed by atoms with E-state index in [1.165, 1.54) is 6.07 Å². The molecule has 0 aromatic heterocycles. The Morgan fingerprint density at radius 3 is 2.58 bits per heavy atom. The number of ether oxygens (including phenoxy) is 1. The summed E-state index contributed by atoms with van der Waals surface area (Å²) in [7, 11) is 0. The number of benzene rings is 1. The third kappa shape index (κ3) is 4.76. The Hall–Kier alpha value is -1.20. The normalized spacial score (nSPS) is 15.9. The zero-order chi connectivity index (χ0) is 14.5. The lowest BCUT2D eigenvalue weighted by atomic mass is 9.99. The van der Waals surface area contributed by atoms with Gasteiger partial charge >= 0.3 is 0 Å². The van der Waals surface area contributed by atoms with Crippen molar-refractivity contribution in [2.24, 2.45) is 0 Å². The van der Waals surface area contributed by atoms with Crippen molar-refractivity contribution in [1.82, 2.24) is 5.32 Å². The first-order valence-corrected chi connectivity index (χ1v) is 6.36. The standard InChI is InChI=1S/C14H21F2NO2/c1-4-14(3,9-18)17-10(2)8-19-11-5-6-12(15)13(16)7-11/h5-7,10,17-18H,4,8-9H2,1-3H3. The molecule has 0 aliphatic heterocycles. The predicted octanol–water partition coefficient (Wildman–Crippen LogP) is 2.48. The summed E-state index contributed by atoms with van der Waals surface area (Å²) in [5.74, 6) is -1.53. The molecule has 0 fully saturated rings. The highest BCUT2D eigenvalue weighted by Gasteiger charge is 2.22. The molecule has 0 aliphatic carbocycles. The molecular weight excluding hydrogens is 252 g/mol. The summed E-state index contributed by atoms with van der Waals surface area (Å²) in [6.45, 7) is 6.14. The van der Waals surface area contributed by atoms with Gasteiger partial charge in [-0.3, -0.25) is 0 Å². The summed E-state index contributed by atoms with van der Waals surface area (Å²) < 4.78 is 31.1. The number of nitrogens with one attached hydrogen (secondary N) is 1. The second-order valence-corrected chi connectivity index (χ2v) is 5.00. The van der Waals surface area contributed by atoms with Gasteiger partial charge in [-0.1, -0.05) is 6.92 Å². The van der Waals surface area contributed by atoms with Crippen LogP contribution in [0.1, 0.15) is 27.2 Å². The maximum absolute atomic E-state index is 13.0. The van der Waals surface area contributed by atoms with Gasteiger partial charge in [0.15, 0.2) is 11.6 Å². The van der Waals surface area contributed by atoms with Gasteiger partial charge in [0.25, 0.3) is 0 Å². The van der Waals surface area contributed by atoms with Gasteiger partial charge in [0, 0.05) is 17.6 Å². The van der Waals surface area contributed by atoms with Crippen LogP contribution in [0.2, 0.25) is 0 Å². The topological polar surface area (TPSA) is 41.5 Å². The van der Waals surface area contributed by atoms with Crippen molar-refractivity contribution in [3.8, 4) is 5.75 Å². The molecule has 2 atom stereocenters. The van der Waals surface area contributed by atoms with Crippen molar-refractivity contribution in [3.05, 3.63) is 29.8 Å². The van der Waals surface area contributed by atoms with Gasteiger partial charge in [0.1, 0.15) is 12.4 Å². The Balaban J connectivity index is 2.50. The lowest BCUT2D eigenvalue weighted by Crippen LogP contribution is -2.51. The van der Waals surface area contributed by atoms with Gasteiger partial charge in [-0.25, -0.2) is 8.78 Å². The molecule has 0 bridgehead atoms. The molecule has 0 saturated carbocycles. The minimum absolute atomic E-state index is 0.0229. The molecule has 1 aromatic rings. The van der Waals surface area contributed by atoms with Crippen LogP contribution in [0.15, 0.2) is 18.2 Å². The molecule has 2 N–H and O–H groups in total. The van der Waals surface area contributed by atoms with Gasteiger partial charge in [-0.05, 0) is 32.4 Å². The van der Waals surface area contributed by atoms with E-state index >= 15 is 0 Å². The Morgan fingerprint density at radius 2 is 2.05 bits per heavy atom. The van der Waals surface area contributed by atoms with Crippen molar-refractivity contribution >= 4 is 0 Å². The lowest BCUT2D eigenvalue weighted by Gasteiger charge is -2.31. The number of aliphatic hydroxyl groups is 1. The summed E-state index contributed by atoms with van der Waals surface area (Å²) in [6.07, 6.45) is 0.777. The molecule has 0 saturated heterocycles. The van der Waals surface area contributed by atoms with Gasteiger partial charge in [0.2, 0.25) is 0 Å². The fraction of sp³-hybridized carbons (Fsp3) is 0.571. The molecule has 0 amide bonds. The summed E-state index contributed by atoms with van der Waals surface area (Å²) in [5.41, 5.74) is -0.364. The molecule has 0 heterocycles. The highest BCUT2D eigenvalue weighted by molar-refractivity contribution is 5.23. The quantitative estimate of drug-likeness (QED) is 0.802. The smallest absolute Gasteiger partial charge is 0.162 e. The fourth-order valence-corrected chi connectivity index (χ4v) is 1.68. The first kappa shape index (κ1) is 15.9.